The van der Waals surface area contributed by atoms with Gasteiger partial charge in [0.25, 0.3) is 0 Å². The van der Waals surface area contributed by atoms with Crippen molar-refractivity contribution in [2.45, 2.75) is 32.2 Å². The molecule has 1 aromatic heterocycles. The average Bonchev–Trinajstić information content (AvgIpc) is 2.71. The van der Waals surface area contributed by atoms with Crippen molar-refractivity contribution < 1.29 is 4.39 Å². The van der Waals surface area contributed by atoms with Crippen molar-refractivity contribution >= 4 is 11.5 Å². The maximum Gasteiger partial charge on any atom is 0.133 e. The summed E-state index contributed by atoms with van der Waals surface area (Å²) in [5.74, 6) is 0.630. The van der Waals surface area contributed by atoms with Gasteiger partial charge in [-0.2, -0.15) is 5.26 Å². The second-order valence-electron chi connectivity index (χ2n) is 6.04. The Kier molecular flexibility index (Phi) is 4.52. The molecule has 5 heteroatoms. The minimum atomic E-state index is -0.266. The standard InChI is InChI=1S/C18H21FN4/c19-15-7-5-6-14(10-15)13-23-16(12-20)11-17(21)18(23)22-8-3-1-2-4-9-22/h5-7,10-11H,1-4,8-9,13,21H2. The molecule has 120 valence electrons. The fraction of sp³-hybridized carbons (Fsp3) is 0.389. The smallest absolute Gasteiger partial charge is 0.133 e. The number of nitrogens with zero attached hydrogens (tertiary/aromatic N) is 3. The van der Waals surface area contributed by atoms with Crippen molar-refractivity contribution in [1.82, 2.24) is 4.57 Å². The Morgan fingerprint density at radius 1 is 1.13 bits per heavy atom. The summed E-state index contributed by atoms with van der Waals surface area (Å²) in [6, 6.07) is 10.4. The first-order valence-electron chi connectivity index (χ1n) is 8.07. The van der Waals surface area contributed by atoms with Crippen molar-refractivity contribution in [3.05, 3.63) is 47.4 Å². The maximum atomic E-state index is 13.5. The van der Waals surface area contributed by atoms with Gasteiger partial charge in [0, 0.05) is 13.1 Å². The quantitative estimate of drug-likeness (QED) is 0.943. The van der Waals surface area contributed by atoms with Gasteiger partial charge in [0.15, 0.2) is 0 Å². The van der Waals surface area contributed by atoms with Crippen molar-refractivity contribution in [3.63, 3.8) is 0 Å². The molecule has 0 spiro atoms. The summed E-state index contributed by atoms with van der Waals surface area (Å²) in [5.41, 5.74) is 8.17. The molecule has 1 aromatic carbocycles. The van der Waals surface area contributed by atoms with Gasteiger partial charge in [-0.1, -0.05) is 25.0 Å². The summed E-state index contributed by atoms with van der Waals surface area (Å²) >= 11 is 0. The normalized spacial score (nSPS) is 15.2. The van der Waals surface area contributed by atoms with Crippen LogP contribution in [0, 0.1) is 17.1 Å². The van der Waals surface area contributed by atoms with E-state index in [1.165, 1.54) is 25.0 Å². The largest absolute Gasteiger partial charge is 0.396 e. The molecule has 0 aliphatic carbocycles. The van der Waals surface area contributed by atoms with Crippen LogP contribution in [0.4, 0.5) is 15.9 Å². The van der Waals surface area contributed by atoms with Crippen molar-refractivity contribution in [2.24, 2.45) is 0 Å². The van der Waals surface area contributed by atoms with Gasteiger partial charge < -0.3 is 15.2 Å². The molecule has 0 saturated carbocycles. The lowest BCUT2D eigenvalue weighted by Crippen LogP contribution is -2.27. The van der Waals surface area contributed by atoms with Crippen LogP contribution in [0.25, 0.3) is 0 Å². The average molecular weight is 312 g/mol. The number of nitrogens with two attached hydrogens (primary N) is 1. The molecule has 1 fully saturated rings. The zero-order valence-corrected chi connectivity index (χ0v) is 13.1. The third-order valence-corrected chi connectivity index (χ3v) is 4.35. The van der Waals surface area contributed by atoms with Gasteiger partial charge in [-0.25, -0.2) is 4.39 Å². The van der Waals surface area contributed by atoms with Crippen LogP contribution in [0.1, 0.15) is 36.9 Å². The molecular weight excluding hydrogens is 291 g/mol. The lowest BCUT2D eigenvalue weighted by Gasteiger charge is -2.25. The van der Waals surface area contributed by atoms with Gasteiger partial charge in [0.05, 0.1) is 12.2 Å². The van der Waals surface area contributed by atoms with E-state index in [-0.39, 0.29) is 5.82 Å². The van der Waals surface area contributed by atoms with Crippen LogP contribution in [0.15, 0.2) is 30.3 Å². The fourth-order valence-electron chi connectivity index (χ4n) is 3.27. The molecule has 0 atom stereocenters. The molecule has 2 N–H and O–H groups in total. The molecular formula is C18H21FN4. The van der Waals surface area contributed by atoms with E-state index in [0.717, 1.165) is 37.3 Å². The van der Waals surface area contributed by atoms with Crippen LogP contribution in [-0.4, -0.2) is 17.7 Å². The minimum absolute atomic E-state index is 0.266. The van der Waals surface area contributed by atoms with E-state index in [9.17, 15) is 9.65 Å². The number of rotatable bonds is 3. The van der Waals surface area contributed by atoms with E-state index in [1.807, 2.05) is 10.6 Å². The van der Waals surface area contributed by atoms with Crippen molar-refractivity contribution in [2.75, 3.05) is 23.7 Å². The predicted octanol–water partition coefficient (Wildman–Crippen LogP) is 3.51. The lowest BCUT2D eigenvalue weighted by atomic mass is 10.2. The number of anilines is 2. The summed E-state index contributed by atoms with van der Waals surface area (Å²) < 4.78 is 15.4. The van der Waals surface area contributed by atoms with Crippen LogP contribution in [0.2, 0.25) is 0 Å². The van der Waals surface area contributed by atoms with Gasteiger partial charge in [-0.05, 0) is 36.6 Å². The van der Waals surface area contributed by atoms with E-state index in [1.54, 1.807) is 12.1 Å². The third-order valence-electron chi connectivity index (χ3n) is 4.35. The number of benzene rings is 1. The van der Waals surface area contributed by atoms with Crippen molar-refractivity contribution in [1.29, 1.82) is 5.26 Å². The number of halogens is 1. The van der Waals surface area contributed by atoms with Gasteiger partial charge in [-0.3, -0.25) is 0 Å². The molecule has 2 aromatic rings. The molecule has 4 nitrogen and oxygen atoms in total. The first-order valence-corrected chi connectivity index (χ1v) is 8.07. The lowest BCUT2D eigenvalue weighted by molar-refractivity contribution is 0.623. The fourth-order valence-corrected chi connectivity index (χ4v) is 3.27. The highest BCUT2D eigenvalue weighted by Crippen LogP contribution is 2.30. The predicted molar refractivity (Wildman–Crippen MR) is 89.7 cm³/mol. The van der Waals surface area contributed by atoms with Crippen LogP contribution in [-0.2, 0) is 6.54 Å². The Labute approximate surface area is 135 Å². The van der Waals surface area contributed by atoms with E-state index in [0.29, 0.717) is 17.9 Å². The van der Waals surface area contributed by atoms with Crippen LogP contribution in [0.3, 0.4) is 0 Å². The molecule has 0 bridgehead atoms. The monoisotopic (exact) mass is 312 g/mol. The topological polar surface area (TPSA) is 58.0 Å². The first-order chi connectivity index (χ1) is 11.2. The molecule has 1 saturated heterocycles. The Hall–Kier alpha value is -2.48. The highest BCUT2D eigenvalue weighted by Gasteiger charge is 2.20. The second-order valence-corrected chi connectivity index (χ2v) is 6.04. The van der Waals surface area contributed by atoms with Gasteiger partial charge in [0.2, 0.25) is 0 Å². The van der Waals surface area contributed by atoms with Gasteiger partial charge in [-0.15, -0.1) is 0 Å². The highest BCUT2D eigenvalue weighted by atomic mass is 19.1. The van der Waals surface area contributed by atoms with E-state index in [4.69, 9.17) is 5.73 Å². The number of nitriles is 1. The Bertz CT molecular complexity index is 721. The summed E-state index contributed by atoms with van der Waals surface area (Å²) in [6.07, 6.45) is 4.72. The zero-order chi connectivity index (χ0) is 16.2. The van der Waals surface area contributed by atoms with E-state index >= 15 is 0 Å². The molecule has 0 radical (unpaired) electrons. The molecule has 0 amide bonds. The summed E-state index contributed by atoms with van der Waals surface area (Å²) in [6.45, 7) is 2.34. The zero-order valence-electron chi connectivity index (χ0n) is 13.1. The van der Waals surface area contributed by atoms with Crippen molar-refractivity contribution in [3.8, 4) is 6.07 Å². The summed E-state index contributed by atoms with van der Waals surface area (Å²) in [5, 5.41) is 9.42. The number of hydrogen-bond acceptors (Lipinski definition) is 3. The Balaban J connectivity index is 1.98. The molecule has 23 heavy (non-hydrogen) atoms. The Morgan fingerprint density at radius 2 is 1.87 bits per heavy atom. The highest BCUT2D eigenvalue weighted by molar-refractivity contribution is 5.68. The van der Waals surface area contributed by atoms with Crippen LogP contribution in [0.5, 0.6) is 0 Å². The molecule has 0 unspecified atom stereocenters. The number of nitrogen functional groups attached to an aromatic ring is 1. The molecule has 1 aliphatic heterocycles. The first kappa shape index (κ1) is 15.4. The SMILES string of the molecule is N#Cc1cc(N)c(N2CCCCCC2)n1Cc1cccc(F)c1. The van der Waals surface area contributed by atoms with Gasteiger partial charge in [0.1, 0.15) is 23.4 Å². The molecule has 2 heterocycles. The van der Waals surface area contributed by atoms with Crippen LogP contribution >= 0.6 is 0 Å². The third kappa shape index (κ3) is 3.31. The summed E-state index contributed by atoms with van der Waals surface area (Å²) in [7, 11) is 0. The number of aromatic nitrogens is 1. The second kappa shape index (κ2) is 6.74. The number of hydrogen-bond donors (Lipinski definition) is 1. The minimum Gasteiger partial charge on any atom is -0.396 e. The molecule has 1 aliphatic rings. The summed E-state index contributed by atoms with van der Waals surface area (Å²) in [4.78, 5) is 2.27. The van der Waals surface area contributed by atoms with Gasteiger partial charge >= 0.3 is 0 Å². The van der Waals surface area contributed by atoms with E-state index in [2.05, 4.69) is 11.0 Å². The maximum absolute atomic E-state index is 13.5. The van der Waals surface area contributed by atoms with Crippen LogP contribution < -0.4 is 10.6 Å². The molecule has 3 rings (SSSR count). The van der Waals surface area contributed by atoms with E-state index < -0.39 is 0 Å². The Morgan fingerprint density at radius 3 is 2.52 bits per heavy atom.